The molecule has 0 spiro atoms. The second kappa shape index (κ2) is 7.70. The van der Waals surface area contributed by atoms with Gasteiger partial charge in [-0.2, -0.15) is 4.98 Å². The molecule has 0 bridgehead atoms. The van der Waals surface area contributed by atoms with Crippen molar-refractivity contribution in [1.29, 1.82) is 0 Å². The minimum absolute atomic E-state index is 0.265. The fourth-order valence-electron chi connectivity index (χ4n) is 4.57. The molecular weight excluding hydrogens is 380 g/mol. The first kappa shape index (κ1) is 20.3. The number of nitrogen functional groups attached to an aromatic ring is 1. The zero-order valence-corrected chi connectivity index (χ0v) is 17.6. The van der Waals surface area contributed by atoms with Crippen LogP contribution in [0.5, 0.6) is 5.88 Å². The predicted molar refractivity (Wildman–Crippen MR) is 115 cm³/mol. The summed E-state index contributed by atoms with van der Waals surface area (Å²) in [6.45, 7) is 5.75. The van der Waals surface area contributed by atoms with Crippen LogP contribution in [0.15, 0.2) is 35.6 Å². The summed E-state index contributed by atoms with van der Waals surface area (Å²) >= 11 is 0. The van der Waals surface area contributed by atoms with Gasteiger partial charge in [0.15, 0.2) is 11.5 Å². The highest BCUT2D eigenvalue weighted by Crippen LogP contribution is 2.41. The summed E-state index contributed by atoms with van der Waals surface area (Å²) in [6.07, 6.45) is 5.36. The zero-order chi connectivity index (χ0) is 21.5. The zero-order valence-electron chi connectivity index (χ0n) is 17.6. The largest absolute Gasteiger partial charge is 0.481 e. The number of hydrogen-bond donors (Lipinski definition) is 2. The number of carboxylic acids is 1. The lowest BCUT2D eigenvalue weighted by atomic mass is 9.74. The summed E-state index contributed by atoms with van der Waals surface area (Å²) in [5.41, 5.74) is 8.86. The number of nitrogens with two attached hydrogens (primary N) is 1. The smallest absolute Gasteiger partial charge is 0.306 e. The number of rotatable bonds is 4. The van der Waals surface area contributed by atoms with Gasteiger partial charge in [-0.05, 0) is 56.9 Å². The number of benzene rings is 1. The fourth-order valence-corrected chi connectivity index (χ4v) is 4.57. The first-order chi connectivity index (χ1) is 14.3. The topological polar surface area (TPSA) is 111 Å². The summed E-state index contributed by atoms with van der Waals surface area (Å²) in [6, 6.07) is 8.46. The molecule has 1 aromatic heterocycles. The van der Waals surface area contributed by atoms with Gasteiger partial charge in [0.25, 0.3) is 0 Å². The van der Waals surface area contributed by atoms with Gasteiger partial charge in [0, 0.05) is 5.56 Å². The molecule has 1 atom stereocenters. The van der Waals surface area contributed by atoms with Crippen LogP contribution >= 0.6 is 0 Å². The van der Waals surface area contributed by atoms with Crippen LogP contribution < -0.4 is 10.5 Å². The first-order valence-corrected chi connectivity index (χ1v) is 10.5. The molecule has 4 rings (SSSR count). The van der Waals surface area contributed by atoms with Crippen LogP contribution in [0.4, 0.5) is 11.5 Å². The highest BCUT2D eigenvalue weighted by atomic mass is 16.5. The van der Waals surface area contributed by atoms with Gasteiger partial charge in [-0.15, -0.1) is 0 Å². The molecule has 1 unspecified atom stereocenters. The Morgan fingerprint density at radius 3 is 2.47 bits per heavy atom. The van der Waals surface area contributed by atoms with Crippen LogP contribution in [-0.2, 0) is 4.79 Å². The number of ether oxygens (including phenoxy) is 1. The maximum Gasteiger partial charge on any atom is 0.306 e. The second-order valence-electron chi connectivity index (χ2n) is 8.85. The maximum atomic E-state index is 11.3. The van der Waals surface area contributed by atoms with Gasteiger partial charge in [-0.3, -0.25) is 4.79 Å². The van der Waals surface area contributed by atoms with Crippen molar-refractivity contribution in [2.24, 2.45) is 16.8 Å². The number of carbonyl (C=O) groups is 1. The third-order valence-electron chi connectivity index (χ3n) is 6.49. The number of anilines is 1. The van der Waals surface area contributed by atoms with Crippen molar-refractivity contribution in [1.82, 2.24) is 9.97 Å². The van der Waals surface area contributed by atoms with Crippen molar-refractivity contribution in [3.05, 3.63) is 41.7 Å². The monoisotopic (exact) mass is 408 g/mol. The molecule has 158 valence electrons. The second-order valence-corrected chi connectivity index (χ2v) is 8.85. The van der Waals surface area contributed by atoms with E-state index in [0.29, 0.717) is 23.3 Å². The van der Waals surface area contributed by atoms with Gasteiger partial charge in [0.1, 0.15) is 11.9 Å². The van der Waals surface area contributed by atoms with Crippen molar-refractivity contribution in [2.75, 3.05) is 5.73 Å². The number of aliphatic carboxylic acids is 1. The molecule has 3 N–H and O–H groups in total. The Kier molecular flexibility index (Phi) is 5.22. The summed E-state index contributed by atoms with van der Waals surface area (Å²) < 4.78 is 6.06. The van der Waals surface area contributed by atoms with Crippen LogP contribution in [0.1, 0.15) is 63.5 Å². The first-order valence-electron chi connectivity index (χ1n) is 10.5. The Morgan fingerprint density at radius 2 is 1.83 bits per heavy atom. The van der Waals surface area contributed by atoms with Gasteiger partial charge in [-0.25, -0.2) is 9.98 Å². The van der Waals surface area contributed by atoms with Crippen molar-refractivity contribution in [2.45, 2.75) is 58.0 Å². The molecule has 2 heterocycles. The highest BCUT2D eigenvalue weighted by molar-refractivity contribution is 6.09. The van der Waals surface area contributed by atoms with Crippen LogP contribution in [-0.4, -0.2) is 32.4 Å². The van der Waals surface area contributed by atoms with E-state index in [1.165, 1.54) is 11.9 Å². The molecule has 7 heteroatoms. The van der Waals surface area contributed by atoms with E-state index < -0.39 is 11.6 Å². The summed E-state index contributed by atoms with van der Waals surface area (Å²) in [4.78, 5) is 24.2. The minimum Gasteiger partial charge on any atom is -0.481 e. The van der Waals surface area contributed by atoms with E-state index in [2.05, 4.69) is 34.2 Å². The van der Waals surface area contributed by atoms with Crippen molar-refractivity contribution in [3.63, 3.8) is 0 Å². The van der Waals surface area contributed by atoms with E-state index in [0.717, 1.165) is 37.0 Å². The van der Waals surface area contributed by atoms with E-state index in [-0.39, 0.29) is 11.8 Å². The van der Waals surface area contributed by atoms with E-state index >= 15 is 0 Å². The van der Waals surface area contributed by atoms with Crippen LogP contribution in [0, 0.1) is 11.8 Å². The van der Waals surface area contributed by atoms with Gasteiger partial charge < -0.3 is 15.6 Å². The Morgan fingerprint density at radius 1 is 1.17 bits per heavy atom. The molecule has 2 aliphatic rings. The molecule has 1 fully saturated rings. The summed E-state index contributed by atoms with van der Waals surface area (Å²) in [5.74, 6) is 0.504. The number of nitrogens with zero attached hydrogens (tertiary/aromatic N) is 3. The third-order valence-corrected chi connectivity index (χ3v) is 6.49. The van der Waals surface area contributed by atoms with Gasteiger partial charge in [0.05, 0.1) is 11.6 Å². The lowest BCUT2D eigenvalue weighted by Gasteiger charge is -2.32. The molecule has 0 radical (unpaired) electrons. The molecule has 1 aliphatic heterocycles. The third kappa shape index (κ3) is 3.76. The lowest BCUT2D eigenvalue weighted by Crippen LogP contribution is -2.41. The maximum absolute atomic E-state index is 11.3. The van der Waals surface area contributed by atoms with Gasteiger partial charge in [0.2, 0.25) is 5.88 Å². The average molecular weight is 409 g/mol. The standard InChI is InChI=1S/C23H28N4O3/c1-13(22(28)29)14-4-6-15(7-5-14)16-8-10-17(11-9-16)19-23(2,3)30-21-18(27-19)20(24)25-12-26-21/h8-15H,4-7H2,1-3H3,(H,28,29)(H2,24,25,26). The normalized spacial score (nSPS) is 23.6. The molecule has 7 nitrogen and oxygen atoms in total. The number of fused-ring (bicyclic) bond motifs is 1. The molecule has 30 heavy (non-hydrogen) atoms. The summed E-state index contributed by atoms with van der Waals surface area (Å²) in [7, 11) is 0. The SMILES string of the molecule is CC(C(=O)O)C1CCC(c2ccc(C3=Nc4c(N)ncnc4OC3(C)C)cc2)CC1. The van der Waals surface area contributed by atoms with Crippen LogP contribution in [0.3, 0.4) is 0 Å². The van der Waals surface area contributed by atoms with E-state index in [4.69, 9.17) is 15.5 Å². The Labute approximate surface area is 176 Å². The average Bonchev–Trinajstić information content (AvgIpc) is 2.72. The predicted octanol–water partition coefficient (Wildman–Crippen LogP) is 4.35. The fraction of sp³-hybridized carbons (Fsp3) is 0.478. The van der Waals surface area contributed by atoms with E-state index in [1.54, 1.807) is 0 Å². The number of carboxylic acid groups (broad SMARTS) is 1. The molecule has 2 aromatic rings. The lowest BCUT2D eigenvalue weighted by molar-refractivity contribution is -0.143. The van der Waals surface area contributed by atoms with E-state index in [1.807, 2.05) is 20.8 Å². The molecule has 1 saturated carbocycles. The molecule has 0 saturated heterocycles. The van der Waals surface area contributed by atoms with Gasteiger partial charge in [-0.1, -0.05) is 31.2 Å². The molecule has 1 aromatic carbocycles. The van der Waals surface area contributed by atoms with Gasteiger partial charge >= 0.3 is 5.97 Å². The quantitative estimate of drug-likeness (QED) is 0.778. The Bertz CT molecular complexity index is 976. The molecular formula is C23H28N4O3. The number of aromatic nitrogens is 2. The van der Waals surface area contributed by atoms with Crippen molar-refractivity contribution in [3.8, 4) is 5.88 Å². The Hall–Kier alpha value is -2.96. The summed E-state index contributed by atoms with van der Waals surface area (Å²) in [5, 5.41) is 9.26. The highest BCUT2D eigenvalue weighted by Gasteiger charge is 2.35. The van der Waals surface area contributed by atoms with E-state index in [9.17, 15) is 9.90 Å². The Balaban J connectivity index is 1.53. The minimum atomic E-state index is -0.687. The van der Waals surface area contributed by atoms with Crippen LogP contribution in [0.2, 0.25) is 0 Å². The van der Waals surface area contributed by atoms with Crippen LogP contribution in [0.25, 0.3) is 0 Å². The number of hydrogen-bond acceptors (Lipinski definition) is 6. The molecule has 1 aliphatic carbocycles. The van der Waals surface area contributed by atoms with Crippen molar-refractivity contribution < 1.29 is 14.6 Å². The number of aliphatic imine (C=N–C) groups is 1. The molecule has 0 amide bonds. The van der Waals surface area contributed by atoms with Crippen molar-refractivity contribution >= 4 is 23.2 Å².